The van der Waals surface area contributed by atoms with E-state index in [1.165, 1.54) is 11.1 Å². The van der Waals surface area contributed by atoms with Gasteiger partial charge < -0.3 is 25.0 Å². The number of hydrogen-bond donors (Lipinski definition) is 3. The smallest absolute Gasteiger partial charge is 0.165 e. The summed E-state index contributed by atoms with van der Waals surface area (Å²) in [5.74, 6) is 0.898. The van der Waals surface area contributed by atoms with E-state index < -0.39 is 11.2 Å². The molecule has 5 nitrogen and oxygen atoms in total. The Bertz CT molecular complexity index is 957. The Balaban J connectivity index is 1.63. The third-order valence-corrected chi connectivity index (χ3v) is 11.1. The molecule has 1 aromatic carbocycles. The van der Waals surface area contributed by atoms with Crippen molar-refractivity contribution in [3.05, 3.63) is 23.3 Å². The molecular weight excluding hydrogens is 390 g/mol. The lowest BCUT2D eigenvalue weighted by Crippen LogP contribution is -2.83. The molecule has 6 aliphatic rings. The molecule has 5 heteroatoms. The summed E-state index contributed by atoms with van der Waals surface area (Å²) in [5, 5.41) is 26.8. The fraction of sp³-hybridized carbons (Fsp3) is 0.769. The molecule has 1 aromatic rings. The van der Waals surface area contributed by atoms with E-state index in [0.717, 1.165) is 45.1 Å². The van der Waals surface area contributed by atoms with Crippen molar-refractivity contribution in [1.29, 1.82) is 0 Å². The number of benzene rings is 1. The zero-order chi connectivity index (χ0) is 22.0. The number of ether oxygens (including phenoxy) is 2. The van der Waals surface area contributed by atoms with Crippen LogP contribution in [0.15, 0.2) is 12.1 Å². The minimum Gasteiger partial charge on any atom is -0.504 e. The highest BCUT2D eigenvalue weighted by molar-refractivity contribution is 5.63. The lowest BCUT2D eigenvalue weighted by atomic mass is 9.33. The van der Waals surface area contributed by atoms with Gasteiger partial charge in [0.25, 0.3) is 0 Å². The van der Waals surface area contributed by atoms with Gasteiger partial charge in [0.05, 0.1) is 5.60 Å². The molecular formula is C26H37NO4. The average Bonchev–Trinajstić information content (AvgIpc) is 3.11. The van der Waals surface area contributed by atoms with E-state index in [1.807, 2.05) is 14.0 Å². The Morgan fingerprint density at radius 3 is 2.71 bits per heavy atom. The van der Waals surface area contributed by atoms with E-state index >= 15 is 0 Å². The third kappa shape index (κ3) is 1.94. The SMILES string of the molecule is CCC(C)(C)[C@@](C)(O)[C@H]1C[C@@]23CC[C@]1(OC)[C@@H]1Oc4c(O)ccc5c4[C@@]12CCN[C@@H]3C5. The van der Waals surface area contributed by atoms with Gasteiger partial charge in [-0.05, 0) is 69.0 Å². The Morgan fingerprint density at radius 2 is 2.00 bits per heavy atom. The molecule has 0 aromatic heterocycles. The van der Waals surface area contributed by atoms with Gasteiger partial charge in [-0.25, -0.2) is 0 Å². The van der Waals surface area contributed by atoms with Gasteiger partial charge in [-0.15, -0.1) is 0 Å². The molecule has 7 atom stereocenters. The zero-order valence-electron chi connectivity index (χ0n) is 19.5. The summed E-state index contributed by atoms with van der Waals surface area (Å²) in [4.78, 5) is 0. The van der Waals surface area contributed by atoms with Crippen LogP contribution in [0.2, 0.25) is 0 Å². The molecule has 31 heavy (non-hydrogen) atoms. The quantitative estimate of drug-likeness (QED) is 0.684. The summed E-state index contributed by atoms with van der Waals surface area (Å²) in [6, 6.07) is 4.27. The first-order valence-corrected chi connectivity index (χ1v) is 12.1. The molecule has 2 spiro atoms. The second kappa shape index (κ2) is 5.78. The predicted molar refractivity (Wildman–Crippen MR) is 119 cm³/mol. The zero-order valence-corrected chi connectivity index (χ0v) is 19.5. The number of aliphatic hydroxyl groups is 1. The van der Waals surface area contributed by atoms with Gasteiger partial charge in [0.2, 0.25) is 0 Å². The number of piperidine rings is 1. The van der Waals surface area contributed by atoms with Gasteiger partial charge in [0.1, 0.15) is 11.7 Å². The summed E-state index contributed by atoms with van der Waals surface area (Å²) in [5.41, 5.74) is 0.711. The molecule has 2 heterocycles. The first-order chi connectivity index (χ1) is 14.6. The summed E-state index contributed by atoms with van der Waals surface area (Å²) in [6.07, 6.45) is 5.57. The van der Waals surface area contributed by atoms with E-state index in [0.29, 0.717) is 11.8 Å². The lowest BCUT2D eigenvalue weighted by Gasteiger charge is -2.74. The van der Waals surface area contributed by atoms with E-state index in [2.05, 4.69) is 32.2 Å². The monoisotopic (exact) mass is 427 g/mol. The van der Waals surface area contributed by atoms with Crippen LogP contribution < -0.4 is 10.1 Å². The van der Waals surface area contributed by atoms with Crippen molar-refractivity contribution in [1.82, 2.24) is 5.32 Å². The lowest BCUT2D eigenvalue weighted by molar-refractivity contribution is -0.304. The van der Waals surface area contributed by atoms with Crippen molar-refractivity contribution < 1.29 is 19.7 Å². The highest BCUT2D eigenvalue weighted by atomic mass is 16.6. The highest BCUT2D eigenvalue weighted by Gasteiger charge is 2.81. The molecule has 1 saturated heterocycles. The van der Waals surface area contributed by atoms with Gasteiger partial charge in [0, 0.05) is 35.5 Å². The summed E-state index contributed by atoms with van der Waals surface area (Å²) >= 11 is 0. The number of phenolic OH excluding ortho intramolecular Hbond substituents is 1. The normalized spacial score (nSPS) is 43.9. The molecule has 7 rings (SSSR count). The molecule has 0 radical (unpaired) electrons. The second-order valence-corrected chi connectivity index (χ2v) is 11.8. The Labute approximate surface area is 185 Å². The van der Waals surface area contributed by atoms with Crippen LogP contribution in [-0.2, 0) is 16.6 Å². The Kier molecular flexibility index (Phi) is 3.79. The topological polar surface area (TPSA) is 71.0 Å². The van der Waals surface area contributed by atoms with E-state index in [-0.39, 0.29) is 34.0 Å². The number of rotatable bonds is 4. The standard InChI is InChI=1S/C26H37NO4/c1-6-22(2,3)23(4,29)17-14-24-9-10-26(17,30-5)21-25(24)11-12-27-18(24)13-15-7-8-16(28)20(31-21)19(15)25/h7-8,17-18,21,27-29H,6,9-14H2,1-5H3/t17-,18-,21-,23+,24-,25+,26-/m1/s1. The van der Waals surface area contributed by atoms with Gasteiger partial charge in [-0.1, -0.05) is 26.8 Å². The molecule has 170 valence electrons. The number of hydrogen-bond acceptors (Lipinski definition) is 5. The minimum absolute atomic E-state index is 0.0146. The minimum atomic E-state index is -0.901. The van der Waals surface area contributed by atoms with Crippen molar-refractivity contribution in [2.24, 2.45) is 16.7 Å². The van der Waals surface area contributed by atoms with Gasteiger partial charge >= 0.3 is 0 Å². The fourth-order valence-corrected chi connectivity index (χ4v) is 8.83. The average molecular weight is 428 g/mol. The summed E-state index contributed by atoms with van der Waals surface area (Å²) in [7, 11) is 1.81. The number of phenols is 1. The third-order valence-electron chi connectivity index (χ3n) is 11.1. The van der Waals surface area contributed by atoms with Crippen LogP contribution in [0.1, 0.15) is 70.9 Å². The molecule has 0 unspecified atom stereocenters. The van der Waals surface area contributed by atoms with Crippen molar-refractivity contribution in [3.8, 4) is 11.5 Å². The number of methoxy groups -OCH3 is 1. The van der Waals surface area contributed by atoms with Crippen LogP contribution in [0.5, 0.6) is 11.5 Å². The first kappa shape index (κ1) is 20.3. The summed E-state index contributed by atoms with van der Waals surface area (Å²) < 4.78 is 13.3. The second-order valence-electron chi connectivity index (χ2n) is 11.8. The Hall–Kier alpha value is -1.30. The van der Waals surface area contributed by atoms with Crippen LogP contribution in [0, 0.1) is 16.7 Å². The van der Waals surface area contributed by atoms with Crippen molar-refractivity contribution in [3.63, 3.8) is 0 Å². The Morgan fingerprint density at radius 1 is 1.23 bits per heavy atom. The highest BCUT2D eigenvalue weighted by Crippen LogP contribution is 2.77. The van der Waals surface area contributed by atoms with Crippen LogP contribution in [0.3, 0.4) is 0 Å². The van der Waals surface area contributed by atoms with Gasteiger partial charge in [-0.2, -0.15) is 0 Å². The maximum Gasteiger partial charge on any atom is 0.165 e. The van der Waals surface area contributed by atoms with Crippen molar-refractivity contribution in [2.45, 2.75) is 95.0 Å². The van der Waals surface area contributed by atoms with Crippen LogP contribution >= 0.6 is 0 Å². The van der Waals surface area contributed by atoms with Crippen LogP contribution in [-0.4, -0.2) is 47.2 Å². The van der Waals surface area contributed by atoms with Crippen molar-refractivity contribution in [2.75, 3.05) is 13.7 Å². The van der Waals surface area contributed by atoms with E-state index in [1.54, 1.807) is 6.07 Å². The van der Waals surface area contributed by atoms with E-state index in [4.69, 9.17) is 9.47 Å². The van der Waals surface area contributed by atoms with Crippen LogP contribution in [0.4, 0.5) is 0 Å². The number of fused-ring (bicyclic) bond motifs is 2. The number of aromatic hydroxyl groups is 1. The first-order valence-electron chi connectivity index (χ1n) is 12.1. The van der Waals surface area contributed by atoms with Gasteiger partial charge in [0.15, 0.2) is 11.5 Å². The van der Waals surface area contributed by atoms with Crippen LogP contribution in [0.25, 0.3) is 0 Å². The maximum absolute atomic E-state index is 12.2. The summed E-state index contributed by atoms with van der Waals surface area (Å²) in [6.45, 7) is 9.52. The molecule has 4 aliphatic carbocycles. The largest absolute Gasteiger partial charge is 0.504 e. The molecule has 3 N–H and O–H groups in total. The fourth-order valence-electron chi connectivity index (χ4n) is 8.83. The molecule has 2 aliphatic heterocycles. The molecule has 3 saturated carbocycles. The van der Waals surface area contributed by atoms with Crippen molar-refractivity contribution >= 4 is 0 Å². The molecule has 4 fully saturated rings. The maximum atomic E-state index is 12.2. The molecule has 4 bridgehead atoms. The predicted octanol–water partition coefficient (Wildman–Crippen LogP) is 3.68. The molecule has 0 amide bonds. The van der Waals surface area contributed by atoms with E-state index in [9.17, 15) is 10.2 Å². The van der Waals surface area contributed by atoms with Gasteiger partial charge in [-0.3, -0.25) is 0 Å². The number of nitrogens with one attached hydrogen (secondary N) is 1.